The summed E-state index contributed by atoms with van der Waals surface area (Å²) in [6.07, 6.45) is 4.62. The van der Waals surface area contributed by atoms with E-state index in [1.807, 2.05) is 25.1 Å². The van der Waals surface area contributed by atoms with Crippen molar-refractivity contribution in [2.75, 3.05) is 7.11 Å². The molecule has 0 saturated heterocycles. The van der Waals surface area contributed by atoms with Crippen molar-refractivity contribution in [3.63, 3.8) is 0 Å². The third-order valence-electron chi connectivity index (χ3n) is 4.40. The van der Waals surface area contributed by atoms with Crippen LogP contribution in [0.2, 0.25) is 0 Å². The molecule has 3 nitrogen and oxygen atoms in total. The fourth-order valence-electron chi connectivity index (χ4n) is 3.40. The maximum atomic E-state index is 12.4. The van der Waals surface area contributed by atoms with Gasteiger partial charge < -0.3 is 9.47 Å². The van der Waals surface area contributed by atoms with Gasteiger partial charge in [-0.05, 0) is 38.3 Å². The van der Waals surface area contributed by atoms with Crippen molar-refractivity contribution >= 4 is 5.78 Å². The molecule has 0 aromatic heterocycles. The van der Waals surface area contributed by atoms with Crippen molar-refractivity contribution < 1.29 is 14.3 Å². The summed E-state index contributed by atoms with van der Waals surface area (Å²) in [5.74, 6) is 0.916. The molecule has 2 atom stereocenters. The maximum Gasteiger partial charge on any atom is 0.170 e. The van der Waals surface area contributed by atoms with Crippen molar-refractivity contribution in [3.8, 4) is 5.75 Å². The highest BCUT2D eigenvalue weighted by Gasteiger charge is 2.48. The quantitative estimate of drug-likeness (QED) is 0.777. The monoisotopic (exact) mass is 260 g/mol. The van der Waals surface area contributed by atoms with E-state index in [0.29, 0.717) is 6.42 Å². The second-order valence-corrected chi connectivity index (χ2v) is 5.74. The van der Waals surface area contributed by atoms with E-state index in [-0.39, 0.29) is 11.9 Å². The van der Waals surface area contributed by atoms with E-state index in [9.17, 15) is 4.79 Å². The predicted molar refractivity (Wildman–Crippen MR) is 72.8 cm³/mol. The Morgan fingerprint density at radius 2 is 2.21 bits per heavy atom. The lowest BCUT2D eigenvalue weighted by Gasteiger charge is -2.45. The Labute approximate surface area is 113 Å². The van der Waals surface area contributed by atoms with Crippen LogP contribution >= 0.6 is 0 Å². The zero-order valence-corrected chi connectivity index (χ0v) is 11.6. The first-order valence-corrected chi connectivity index (χ1v) is 7.00. The van der Waals surface area contributed by atoms with Crippen molar-refractivity contribution in [2.45, 2.75) is 50.7 Å². The van der Waals surface area contributed by atoms with Gasteiger partial charge in [0.15, 0.2) is 5.78 Å². The summed E-state index contributed by atoms with van der Waals surface area (Å²) in [5.41, 5.74) is 1.39. The molecule has 3 rings (SSSR count). The molecule has 2 aliphatic rings. The summed E-state index contributed by atoms with van der Waals surface area (Å²) in [7, 11) is 1.72. The molecule has 1 spiro atoms. The number of rotatable bonds is 1. The lowest BCUT2D eigenvalue weighted by molar-refractivity contribution is -0.102. The van der Waals surface area contributed by atoms with Crippen LogP contribution in [0.15, 0.2) is 18.2 Å². The summed E-state index contributed by atoms with van der Waals surface area (Å²) in [5, 5.41) is 0. The van der Waals surface area contributed by atoms with Crippen molar-refractivity contribution in [1.82, 2.24) is 0 Å². The Kier molecular flexibility index (Phi) is 3.09. The first-order valence-electron chi connectivity index (χ1n) is 7.00. The number of Topliss-reactive ketones (excluding diaryl/α,β-unsaturated/α-hetero) is 1. The van der Waals surface area contributed by atoms with E-state index in [2.05, 4.69) is 0 Å². The minimum atomic E-state index is -0.438. The molecule has 1 aromatic rings. The Hall–Kier alpha value is -1.35. The Morgan fingerprint density at radius 1 is 1.37 bits per heavy atom. The van der Waals surface area contributed by atoms with Crippen LogP contribution in [0.25, 0.3) is 0 Å². The van der Waals surface area contributed by atoms with Gasteiger partial charge in [-0.15, -0.1) is 0 Å². The van der Waals surface area contributed by atoms with E-state index in [1.54, 1.807) is 7.11 Å². The van der Waals surface area contributed by atoms with Gasteiger partial charge in [0, 0.05) is 7.11 Å². The first-order chi connectivity index (χ1) is 9.14. The van der Waals surface area contributed by atoms with Gasteiger partial charge in [-0.3, -0.25) is 4.79 Å². The van der Waals surface area contributed by atoms with E-state index in [1.165, 1.54) is 0 Å². The number of methoxy groups -OCH3 is 1. The van der Waals surface area contributed by atoms with Crippen LogP contribution in [0.3, 0.4) is 0 Å². The third kappa shape index (κ3) is 2.06. The van der Waals surface area contributed by atoms with Crippen LogP contribution in [0.4, 0.5) is 0 Å². The molecular weight excluding hydrogens is 240 g/mol. The number of fused-ring (bicyclic) bond motifs is 1. The fraction of sp³-hybridized carbons (Fsp3) is 0.562. The number of ketones is 1. The van der Waals surface area contributed by atoms with E-state index < -0.39 is 5.60 Å². The Morgan fingerprint density at radius 3 is 3.00 bits per heavy atom. The van der Waals surface area contributed by atoms with Crippen LogP contribution in [0, 0.1) is 6.92 Å². The molecule has 0 radical (unpaired) electrons. The van der Waals surface area contributed by atoms with Crippen molar-refractivity contribution in [2.24, 2.45) is 0 Å². The van der Waals surface area contributed by atoms with Gasteiger partial charge in [0.1, 0.15) is 11.4 Å². The summed E-state index contributed by atoms with van der Waals surface area (Å²) in [6.45, 7) is 2.00. The topological polar surface area (TPSA) is 35.5 Å². The third-order valence-corrected chi connectivity index (χ3v) is 4.40. The number of aryl methyl sites for hydroxylation is 1. The van der Waals surface area contributed by atoms with Crippen molar-refractivity contribution in [3.05, 3.63) is 29.3 Å². The largest absolute Gasteiger partial charge is 0.483 e. The molecule has 3 heteroatoms. The van der Waals surface area contributed by atoms with E-state index in [4.69, 9.17) is 9.47 Å². The molecule has 1 fully saturated rings. The summed E-state index contributed by atoms with van der Waals surface area (Å²) in [4.78, 5) is 12.4. The molecule has 0 amide bonds. The second kappa shape index (κ2) is 4.64. The second-order valence-electron chi connectivity index (χ2n) is 5.74. The Balaban J connectivity index is 1.99. The van der Waals surface area contributed by atoms with Gasteiger partial charge in [-0.2, -0.15) is 0 Å². The predicted octanol–water partition coefficient (Wildman–Crippen LogP) is 3.29. The smallest absolute Gasteiger partial charge is 0.170 e. The van der Waals surface area contributed by atoms with Gasteiger partial charge in [0.2, 0.25) is 0 Å². The standard InChI is InChI=1S/C16H20O3/c1-11-6-7-14-12(9-11)13(17)10-16(19-14)8-4-3-5-15(16)18-2/h6-7,9,15H,3-5,8,10H2,1-2H3. The zero-order chi connectivity index (χ0) is 13.5. The summed E-state index contributed by atoms with van der Waals surface area (Å²) >= 11 is 0. The van der Waals surface area contributed by atoms with Crippen LogP contribution in [-0.4, -0.2) is 24.6 Å². The highest BCUT2D eigenvalue weighted by Crippen LogP contribution is 2.43. The number of carbonyl (C=O) groups excluding carboxylic acids is 1. The van der Waals surface area contributed by atoms with Gasteiger partial charge in [-0.1, -0.05) is 18.1 Å². The molecular formula is C16H20O3. The van der Waals surface area contributed by atoms with E-state index in [0.717, 1.165) is 42.6 Å². The lowest BCUT2D eigenvalue weighted by Crippen LogP contribution is -2.54. The number of carbonyl (C=O) groups is 1. The molecule has 102 valence electrons. The summed E-state index contributed by atoms with van der Waals surface area (Å²) < 4.78 is 11.8. The molecule has 1 aromatic carbocycles. The highest BCUT2D eigenvalue weighted by atomic mass is 16.5. The van der Waals surface area contributed by atoms with Crippen LogP contribution in [-0.2, 0) is 4.74 Å². The molecule has 19 heavy (non-hydrogen) atoms. The molecule has 2 unspecified atom stereocenters. The minimum absolute atomic E-state index is 0.0275. The first kappa shape index (κ1) is 12.7. The number of hydrogen-bond donors (Lipinski definition) is 0. The molecule has 0 bridgehead atoms. The van der Waals surface area contributed by atoms with Gasteiger partial charge in [0.25, 0.3) is 0 Å². The van der Waals surface area contributed by atoms with Gasteiger partial charge >= 0.3 is 0 Å². The molecule has 1 saturated carbocycles. The van der Waals surface area contributed by atoms with Crippen molar-refractivity contribution in [1.29, 1.82) is 0 Å². The van der Waals surface area contributed by atoms with E-state index >= 15 is 0 Å². The zero-order valence-electron chi connectivity index (χ0n) is 11.6. The van der Waals surface area contributed by atoms with Crippen LogP contribution < -0.4 is 4.74 Å². The SMILES string of the molecule is COC1CCCCC12CC(=O)c1cc(C)ccc1O2. The number of benzene rings is 1. The maximum absolute atomic E-state index is 12.4. The minimum Gasteiger partial charge on any atom is -0.483 e. The molecule has 0 N–H and O–H groups in total. The average molecular weight is 260 g/mol. The normalized spacial score (nSPS) is 30.0. The molecule has 1 heterocycles. The lowest BCUT2D eigenvalue weighted by atomic mass is 9.76. The average Bonchev–Trinajstić information content (AvgIpc) is 2.40. The van der Waals surface area contributed by atoms with Gasteiger partial charge in [-0.25, -0.2) is 0 Å². The Bertz CT molecular complexity index is 509. The molecule has 1 aliphatic carbocycles. The fourth-order valence-corrected chi connectivity index (χ4v) is 3.40. The number of hydrogen-bond acceptors (Lipinski definition) is 3. The summed E-state index contributed by atoms with van der Waals surface area (Å²) in [6, 6.07) is 5.84. The number of ether oxygens (including phenoxy) is 2. The van der Waals surface area contributed by atoms with Crippen LogP contribution in [0.1, 0.15) is 48.0 Å². The highest BCUT2D eigenvalue weighted by molar-refractivity contribution is 6.00. The van der Waals surface area contributed by atoms with Crippen LogP contribution in [0.5, 0.6) is 5.75 Å². The van der Waals surface area contributed by atoms with Gasteiger partial charge in [0.05, 0.1) is 18.1 Å². The molecule has 1 aliphatic heterocycles.